The van der Waals surface area contributed by atoms with Gasteiger partial charge in [-0.3, -0.25) is 19.4 Å². The number of halogens is 4. The lowest BCUT2D eigenvalue weighted by Gasteiger charge is -2.26. The van der Waals surface area contributed by atoms with Gasteiger partial charge in [0.25, 0.3) is 0 Å². The molecule has 3 atom stereocenters. The highest BCUT2D eigenvalue weighted by molar-refractivity contribution is 6.16. The molecule has 0 aromatic heterocycles. The molecule has 4 rings (SSSR count). The Hall–Kier alpha value is -3.56. The summed E-state index contributed by atoms with van der Waals surface area (Å²) in [6.45, 7) is 1.70. The fraction of sp³-hybridized carbons (Fsp3) is 0.429. The van der Waals surface area contributed by atoms with Gasteiger partial charge in [0.15, 0.2) is 11.9 Å². The molecule has 2 aliphatic rings. The minimum absolute atomic E-state index is 0.122. The second kappa shape index (κ2) is 11.0. The number of nitrogens with two attached hydrogens (primary N) is 1. The van der Waals surface area contributed by atoms with Crippen molar-refractivity contribution >= 4 is 23.3 Å². The van der Waals surface area contributed by atoms with Crippen molar-refractivity contribution < 1.29 is 31.9 Å². The van der Waals surface area contributed by atoms with Crippen LogP contribution in [0, 0.1) is 30.5 Å². The highest BCUT2D eigenvalue weighted by Gasteiger charge is 2.41. The molecule has 1 aliphatic carbocycles. The van der Waals surface area contributed by atoms with Crippen molar-refractivity contribution in [2.45, 2.75) is 57.8 Å². The van der Waals surface area contributed by atoms with E-state index in [0.29, 0.717) is 16.7 Å². The number of hydrogen-bond acceptors (Lipinski definition) is 4. The van der Waals surface area contributed by atoms with Crippen LogP contribution in [0.2, 0.25) is 0 Å². The number of fused-ring (bicyclic) bond motifs is 1. The molecule has 1 fully saturated rings. The average molecular weight is 532 g/mol. The number of Topliss-reactive ketones (excluding diaryl/α,β-unsaturated/α-hetero) is 1. The lowest BCUT2D eigenvalue weighted by molar-refractivity contribution is -0.146. The Kier molecular flexibility index (Phi) is 7.99. The van der Waals surface area contributed by atoms with Crippen molar-refractivity contribution in [2.24, 2.45) is 28.5 Å². The molecule has 1 aliphatic heterocycles. The van der Waals surface area contributed by atoms with Gasteiger partial charge in [-0.05, 0) is 43.4 Å². The van der Waals surface area contributed by atoms with Gasteiger partial charge in [-0.25, -0.2) is 4.39 Å². The van der Waals surface area contributed by atoms with E-state index in [1.54, 1.807) is 43.3 Å². The van der Waals surface area contributed by atoms with Gasteiger partial charge in [-0.15, -0.1) is 0 Å². The smallest absolute Gasteiger partial charge is 0.369 e. The first-order valence-electron chi connectivity index (χ1n) is 12.5. The third kappa shape index (κ3) is 6.65. The number of nitrogens with one attached hydrogen (secondary N) is 1. The molecular formula is C28H29F4N3O3. The molecule has 2 aromatic carbocycles. The molecule has 3 N–H and O–H groups in total. The van der Waals surface area contributed by atoms with E-state index in [9.17, 15) is 31.9 Å². The lowest BCUT2D eigenvalue weighted by atomic mass is 9.83. The molecule has 10 heteroatoms. The zero-order chi connectivity index (χ0) is 27.6. The van der Waals surface area contributed by atoms with Crippen molar-refractivity contribution in [3.8, 4) is 0 Å². The molecule has 1 heterocycles. The van der Waals surface area contributed by atoms with Crippen LogP contribution >= 0.6 is 0 Å². The van der Waals surface area contributed by atoms with Crippen LogP contribution in [0.4, 0.5) is 17.6 Å². The van der Waals surface area contributed by atoms with Crippen molar-refractivity contribution in [3.05, 3.63) is 70.5 Å². The average Bonchev–Trinajstić information content (AvgIpc) is 3.67. The monoisotopic (exact) mass is 531 g/mol. The van der Waals surface area contributed by atoms with Gasteiger partial charge in [0.05, 0.1) is 5.71 Å². The molecule has 6 nitrogen and oxygen atoms in total. The number of alkyl halides is 3. The maximum Gasteiger partial charge on any atom is 0.389 e. The van der Waals surface area contributed by atoms with Crippen LogP contribution < -0.4 is 11.1 Å². The van der Waals surface area contributed by atoms with Crippen LogP contribution in [-0.4, -0.2) is 35.7 Å². The van der Waals surface area contributed by atoms with Crippen LogP contribution in [0.25, 0.3) is 0 Å². The number of carbonyl (C=O) groups is 3. The van der Waals surface area contributed by atoms with E-state index in [2.05, 4.69) is 10.3 Å². The molecule has 2 aromatic rings. The van der Waals surface area contributed by atoms with Crippen LogP contribution in [0.1, 0.15) is 54.4 Å². The largest absolute Gasteiger partial charge is 0.389 e. The Balaban J connectivity index is 1.70. The summed E-state index contributed by atoms with van der Waals surface area (Å²) in [4.78, 5) is 43.3. The fourth-order valence-electron chi connectivity index (χ4n) is 4.91. The number of primary amides is 1. The van der Waals surface area contributed by atoms with Gasteiger partial charge in [0.2, 0.25) is 11.8 Å². The number of hydrogen-bond donors (Lipinski definition) is 2. The molecule has 202 valence electrons. The van der Waals surface area contributed by atoms with Crippen LogP contribution in [0.15, 0.2) is 47.5 Å². The van der Waals surface area contributed by atoms with Crippen molar-refractivity contribution in [1.29, 1.82) is 0 Å². The number of rotatable bonds is 9. The first kappa shape index (κ1) is 27.5. The highest BCUT2D eigenvalue weighted by atomic mass is 19.4. The molecule has 38 heavy (non-hydrogen) atoms. The summed E-state index contributed by atoms with van der Waals surface area (Å²) in [5, 5.41) is 2.47. The SMILES string of the molecule is Cc1cc(F)c2c(c1)C(c1ccccc1)=N[C@H](NC(=O)[C@H](CCC(F)(F)F)[C@H](CC1CC1)C(N)=O)C(=O)C2. The number of nitrogens with zero attached hydrogens (tertiary/aromatic N) is 1. The first-order chi connectivity index (χ1) is 17.9. The number of amides is 2. The summed E-state index contributed by atoms with van der Waals surface area (Å²) in [6, 6.07) is 11.7. The third-order valence-electron chi connectivity index (χ3n) is 7.05. The zero-order valence-electron chi connectivity index (χ0n) is 20.9. The van der Waals surface area contributed by atoms with E-state index in [4.69, 9.17) is 5.73 Å². The summed E-state index contributed by atoms with van der Waals surface area (Å²) in [5.74, 6) is -5.36. The number of aryl methyl sites for hydroxylation is 1. The molecule has 0 saturated heterocycles. The normalized spacial score (nSPS) is 19.1. The molecule has 0 radical (unpaired) electrons. The summed E-state index contributed by atoms with van der Waals surface area (Å²) >= 11 is 0. The number of carbonyl (C=O) groups excluding carboxylic acids is 3. The highest BCUT2D eigenvalue weighted by Crippen LogP contribution is 2.39. The third-order valence-corrected chi connectivity index (χ3v) is 7.05. The van der Waals surface area contributed by atoms with Gasteiger partial charge < -0.3 is 11.1 Å². The Morgan fingerprint density at radius 2 is 1.82 bits per heavy atom. The molecule has 0 unspecified atom stereocenters. The van der Waals surface area contributed by atoms with Gasteiger partial charge in [-0.2, -0.15) is 13.2 Å². The van der Waals surface area contributed by atoms with Crippen LogP contribution in [0.5, 0.6) is 0 Å². The second-order valence-electron chi connectivity index (χ2n) is 10.1. The molecule has 0 bridgehead atoms. The fourth-order valence-corrected chi connectivity index (χ4v) is 4.91. The van der Waals surface area contributed by atoms with E-state index in [1.165, 1.54) is 6.07 Å². The summed E-state index contributed by atoms with van der Waals surface area (Å²) in [6.07, 6.45) is -6.51. The van der Waals surface area contributed by atoms with Crippen LogP contribution in [0.3, 0.4) is 0 Å². The minimum atomic E-state index is -4.55. The standard InChI is InChI=1S/C28H29F4N3O3/c1-15-11-20-19(22(29)12-15)14-23(36)26(34-24(20)17-5-3-2-4-6-17)35-27(38)18(9-10-28(30,31)32)21(25(33)37)13-16-7-8-16/h2-6,11-12,16,18,21,26H,7-10,13-14H2,1H3,(H2,33,37)(H,35,38)/t18-,21+,26-/m1/s1. The van der Waals surface area contributed by atoms with E-state index in [-0.39, 0.29) is 30.0 Å². The zero-order valence-corrected chi connectivity index (χ0v) is 20.9. The predicted molar refractivity (Wildman–Crippen MR) is 133 cm³/mol. The summed E-state index contributed by atoms with van der Waals surface area (Å²) < 4.78 is 54.3. The maximum absolute atomic E-state index is 15.0. The second-order valence-corrected chi connectivity index (χ2v) is 10.1. The number of benzene rings is 2. The van der Waals surface area contributed by atoms with E-state index < -0.39 is 60.4 Å². The van der Waals surface area contributed by atoms with Crippen molar-refractivity contribution in [2.75, 3.05) is 0 Å². The Morgan fingerprint density at radius 3 is 2.42 bits per heavy atom. The summed E-state index contributed by atoms with van der Waals surface area (Å²) in [7, 11) is 0. The quantitative estimate of drug-likeness (QED) is 0.469. The van der Waals surface area contributed by atoms with E-state index in [0.717, 1.165) is 12.8 Å². The minimum Gasteiger partial charge on any atom is -0.369 e. The molecule has 1 saturated carbocycles. The van der Waals surface area contributed by atoms with E-state index in [1.807, 2.05) is 0 Å². The Labute approximate surface area is 217 Å². The van der Waals surface area contributed by atoms with Gasteiger partial charge in [0.1, 0.15) is 5.82 Å². The Bertz CT molecular complexity index is 1260. The van der Waals surface area contributed by atoms with Crippen molar-refractivity contribution in [1.82, 2.24) is 5.32 Å². The van der Waals surface area contributed by atoms with E-state index >= 15 is 0 Å². The van der Waals surface area contributed by atoms with Gasteiger partial charge in [0, 0.05) is 41.4 Å². The molecule has 0 spiro atoms. The number of aliphatic imine (C=N–C) groups is 1. The molecular weight excluding hydrogens is 502 g/mol. The Morgan fingerprint density at radius 1 is 1.13 bits per heavy atom. The van der Waals surface area contributed by atoms with Gasteiger partial charge in [-0.1, -0.05) is 43.2 Å². The van der Waals surface area contributed by atoms with Crippen molar-refractivity contribution in [3.63, 3.8) is 0 Å². The van der Waals surface area contributed by atoms with Crippen LogP contribution in [-0.2, 0) is 20.8 Å². The molecule has 2 amide bonds. The summed E-state index contributed by atoms with van der Waals surface area (Å²) in [5.41, 5.74) is 7.50. The topological polar surface area (TPSA) is 102 Å². The first-order valence-corrected chi connectivity index (χ1v) is 12.5. The van der Waals surface area contributed by atoms with Gasteiger partial charge >= 0.3 is 6.18 Å². The predicted octanol–water partition coefficient (Wildman–Crippen LogP) is 4.40. The maximum atomic E-state index is 15.0. The number of ketones is 1. The lowest BCUT2D eigenvalue weighted by Crippen LogP contribution is -2.47.